The average Bonchev–Trinajstić information content (AvgIpc) is 2.27. The van der Waals surface area contributed by atoms with E-state index in [0.29, 0.717) is 11.8 Å². The minimum Gasteiger partial charge on any atom is -0.198 e. The van der Waals surface area contributed by atoms with Crippen LogP contribution in [0.1, 0.15) is 50.3 Å². The Morgan fingerprint density at radius 3 is 2.29 bits per heavy atom. The first-order valence-corrected chi connectivity index (χ1v) is 6.44. The van der Waals surface area contributed by atoms with E-state index >= 15 is 0 Å². The first kappa shape index (κ1) is 13.8. The summed E-state index contributed by atoms with van der Waals surface area (Å²) in [6.07, 6.45) is 0.876. The molecule has 1 aromatic rings. The van der Waals surface area contributed by atoms with Gasteiger partial charge < -0.3 is 0 Å². The third-order valence-electron chi connectivity index (χ3n) is 3.45. The second-order valence-corrected chi connectivity index (χ2v) is 5.52. The van der Waals surface area contributed by atoms with Gasteiger partial charge in [0.05, 0.1) is 12.0 Å². The normalized spacial score (nSPS) is 12.8. The molecule has 1 nitrogen and oxygen atoms in total. The molecule has 92 valence electrons. The van der Waals surface area contributed by atoms with Gasteiger partial charge in [0, 0.05) is 0 Å². The molecule has 1 unspecified atom stereocenters. The minimum atomic E-state index is 0.121. The van der Waals surface area contributed by atoms with Crippen LogP contribution in [-0.2, 0) is 6.42 Å². The first-order valence-electron chi connectivity index (χ1n) is 6.44. The van der Waals surface area contributed by atoms with Crippen LogP contribution in [0, 0.1) is 30.1 Å². The molecule has 0 aliphatic carbocycles. The molecule has 1 aromatic carbocycles. The van der Waals surface area contributed by atoms with Gasteiger partial charge in [-0.1, -0.05) is 45.9 Å². The highest BCUT2D eigenvalue weighted by molar-refractivity contribution is 5.33. The fourth-order valence-electron chi connectivity index (χ4n) is 1.94. The summed E-state index contributed by atoms with van der Waals surface area (Å²) >= 11 is 0. The molecule has 0 aliphatic rings. The van der Waals surface area contributed by atoms with Crippen molar-refractivity contribution in [1.29, 1.82) is 5.26 Å². The lowest BCUT2D eigenvalue weighted by atomic mass is 9.87. The summed E-state index contributed by atoms with van der Waals surface area (Å²) in [6, 6.07) is 9.07. The van der Waals surface area contributed by atoms with Crippen molar-refractivity contribution in [3.8, 4) is 6.07 Å². The molecule has 0 aliphatic heterocycles. The molecule has 0 heterocycles. The van der Waals surface area contributed by atoms with Crippen LogP contribution in [0.15, 0.2) is 18.2 Å². The minimum absolute atomic E-state index is 0.121. The van der Waals surface area contributed by atoms with Gasteiger partial charge in [-0.15, -0.1) is 0 Å². The smallest absolute Gasteiger partial charge is 0.0661 e. The number of aryl methyl sites for hydroxylation is 1. The molecule has 0 amide bonds. The zero-order chi connectivity index (χ0) is 13.0. The molecule has 0 saturated carbocycles. The summed E-state index contributed by atoms with van der Waals surface area (Å²) in [6.45, 7) is 10.8. The monoisotopic (exact) mass is 229 g/mol. The molecule has 1 heteroatoms. The molecule has 0 saturated heterocycles. The van der Waals surface area contributed by atoms with Crippen molar-refractivity contribution in [3.05, 3.63) is 34.9 Å². The van der Waals surface area contributed by atoms with Gasteiger partial charge in [0.25, 0.3) is 0 Å². The lowest BCUT2D eigenvalue weighted by Crippen LogP contribution is -2.10. The highest BCUT2D eigenvalue weighted by atomic mass is 14.3. The fraction of sp³-hybridized carbons (Fsp3) is 0.562. The second-order valence-electron chi connectivity index (χ2n) is 5.52. The summed E-state index contributed by atoms with van der Waals surface area (Å²) in [4.78, 5) is 0. The van der Waals surface area contributed by atoms with Crippen molar-refractivity contribution in [2.75, 3.05) is 0 Å². The number of nitriles is 1. The Bertz CT molecular complexity index is 410. The summed E-state index contributed by atoms with van der Waals surface area (Å²) in [5.41, 5.74) is 4.00. The van der Waals surface area contributed by atoms with E-state index in [1.54, 1.807) is 0 Å². The number of hydrogen-bond donors (Lipinski definition) is 0. The molecule has 0 aromatic heterocycles. The molecular weight excluding hydrogens is 206 g/mol. The number of rotatable bonds is 4. The summed E-state index contributed by atoms with van der Waals surface area (Å²) < 4.78 is 0. The van der Waals surface area contributed by atoms with Gasteiger partial charge in [-0.3, -0.25) is 0 Å². The van der Waals surface area contributed by atoms with E-state index in [0.717, 1.165) is 6.42 Å². The lowest BCUT2D eigenvalue weighted by Gasteiger charge is -2.16. The van der Waals surface area contributed by atoms with Gasteiger partial charge in [-0.05, 0) is 41.9 Å². The van der Waals surface area contributed by atoms with Crippen LogP contribution < -0.4 is 0 Å². The third kappa shape index (κ3) is 3.60. The van der Waals surface area contributed by atoms with E-state index in [1.165, 1.54) is 16.7 Å². The maximum absolute atomic E-state index is 9.18. The van der Waals surface area contributed by atoms with Crippen molar-refractivity contribution in [3.63, 3.8) is 0 Å². The van der Waals surface area contributed by atoms with E-state index in [4.69, 9.17) is 0 Å². The second kappa shape index (κ2) is 5.87. The van der Waals surface area contributed by atoms with Gasteiger partial charge in [-0.2, -0.15) is 5.26 Å². The van der Waals surface area contributed by atoms with Gasteiger partial charge in [0.2, 0.25) is 0 Å². The fourth-order valence-corrected chi connectivity index (χ4v) is 1.94. The Kier molecular flexibility index (Phi) is 4.75. The Labute approximate surface area is 105 Å². The molecule has 0 radical (unpaired) electrons. The average molecular weight is 229 g/mol. The molecule has 1 rings (SSSR count). The standard InChI is InChI=1S/C16H23N/c1-11(2)14-7-6-13(5)15(8-14)9-16(10-17)12(3)4/h6-8,11-12,16H,9H2,1-5H3. The van der Waals surface area contributed by atoms with Crippen LogP contribution in [-0.4, -0.2) is 0 Å². The molecule has 0 bridgehead atoms. The van der Waals surface area contributed by atoms with Crippen LogP contribution >= 0.6 is 0 Å². The molecule has 1 atom stereocenters. The molecular formula is C16H23N. The van der Waals surface area contributed by atoms with E-state index in [9.17, 15) is 5.26 Å². The van der Waals surface area contributed by atoms with E-state index in [1.807, 2.05) is 0 Å². The van der Waals surface area contributed by atoms with Crippen LogP contribution in [0.25, 0.3) is 0 Å². The van der Waals surface area contributed by atoms with Crippen LogP contribution in [0.5, 0.6) is 0 Å². The first-order chi connectivity index (χ1) is 7.95. The molecule has 0 N–H and O–H groups in total. The zero-order valence-electron chi connectivity index (χ0n) is 11.6. The third-order valence-corrected chi connectivity index (χ3v) is 3.45. The topological polar surface area (TPSA) is 23.8 Å². The van der Waals surface area contributed by atoms with Crippen molar-refractivity contribution in [2.24, 2.45) is 11.8 Å². The summed E-state index contributed by atoms with van der Waals surface area (Å²) in [7, 11) is 0. The van der Waals surface area contributed by atoms with Crippen molar-refractivity contribution in [2.45, 2.75) is 47.0 Å². The Hall–Kier alpha value is -1.29. The number of nitrogens with zero attached hydrogens (tertiary/aromatic N) is 1. The van der Waals surface area contributed by atoms with Gasteiger partial charge in [-0.25, -0.2) is 0 Å². The Balaban J connectivity index is 2.97. The quantitative estimate of drug-likeness (QED) is 0.748. The van der Waals surface area contributed by atoms with Crippen LogP contribution in [0.4, 0.5) is 0 Å². The zero-order valence-corrected chi connectivity index (χ0v) is 11.6. The highest BCUT2D eigenvalue weighted by Crippen LogP contribution is 2.23. The maximum atomic E-state index is 9.18. The molecule has 17 heavy (non-hydrogen) atoms. The molecule has 0 spiro atoms. The highest BCUT2D eigenvalue weighted by Gasteiger charge is 2.14. The lowest BCUT2D eigenvalue weighted by molar-refractivity contribution is 0.473. The van der Waals surface area contributed by atoms with E-state index in [2.05, 4.69) is 58.9 Å². The largest absolute Gasteiger partial charge is 0.198 e. The van der Waals surface area contributed by atoms with Crippen molar-refractivity contribution < 1.29 is 0 Å². The Morgan fingerprint density at radius 2 is 1.82 bits per heavy atom. The predicted octanol–water partition coefficient (Wildman–Crippen LogP) is 4.46. The van der Waals surface area contributed by atoms with Crippen molar-refractivity contribution >= 4 is 0 Å². The number of benzene rings is 1. The SMILES string of the molecule is Cc1ccc(C(C)C)cc1CC(C#N)C(C)C. The van der Waals surface area contributed by atoms with Crippen LogP contribution in [0.3, 0.4) is 0 Å². The maximum Gasteiger partial charge on any atom is 0.0661 e. The Morgan fingerprint density at radius 1 is 1.18 bits per heavy atom. The number of hydrogen-bond acceptors (Lipinski definition) is 1. The van der Waals surface area contributed by atoms with E-state index < -0.39 is 0 Å². The van der Waals surface area contributed by atoms with Gasteiger partial charge in [0.15, 0.2) is 0 Å². The van der Waals surface area contributed by atoms with Gasteiger partial charge in [0.1, 0.15) is 0 Å². The predicted molar refractivity (Wildman–Crippen MR) is 72.9 cm³/mol. The van der Waals surface area contributed by atoms with Crippen molar-refractivity contribution in [1.82, 2.24) is 0 Å². The van der Waals surface area contributed by atoms with Gasteiger partial charge >= 0.3 is 0 Å². The van der Waals surface area contributed by atoms with Crippen LogP contribution in [0.2, 0.25) is 0 Å². The summed E-state index contributed by atoms with van der Waals surface area (Å²) in [5.74, 6) is 1.09. The summed E-state index contributed by atoms with van der Waals surface area (Å²) in [5, 5.41) is 9.18. The van der Waals surface area contributed by atoms with E-state index in [-0.39, 0.29) is 5.92 Å². The molecule has 0 fully saturated rings.